The van der Waals surface area contributed by atoms with Crippen LogP contribution in [0.3, 0.4) is 0 Å². The minimum absolute atomic E-state index is 0.135. The van der Waals surface area contributed by atoms with Crippen LogP contribution in [-0.2, 0) is 26.2 Å². The van der Waals surface area contributed by atoms with E-state index in [1.54, 1.807) is 12.1 Å². The van der Waals surface area contributed by atoms with Crippen molar-refractivity contribution < 1.29 is 9.84 Å². The molecule has 0 bridgehead atoms. The molecule has 1 aromatic heterocycles. The highest BCUT2D eigenvalue weighted by molar-refractivity contribution is 6.37. The van der Waals surface area contributed by atoms with Crippen molar-refractivity contribution in [1.82, 2.24) is 25.0 Å². The Balaban J connectivity index is 1.09. The molecule has 9 heteroatoms. The summed E-state index contributed by atoms with van der Waals surface area (Å²) in [6.45, 7) is 5.60. The molecule has 0 amide bonds. The molecule has 0 unspecified atom stereocenters. The van der Waals surface area contributed by atoms with Crippen LogP contribution in [-0.4, -0.2) is 50.2 Å². The van der Waals surface area contributed by atoms with E-state index >= 15 is 0 Å². The summed E-state index contributed by atoms with van der Waals surface area (Å²) in [6, 6.07) is 20.7. The molecule has 1 saturated heterocycles. The molecule has 1 aliphatic rings. The van der Waals surface area contributed by atoms with Gasteiger partial charge in [0.2, 0.25) is 0 Å². The molecular formula is C30H31Cl2N5O2. The van der Waals surface area contributed by atoms with Gasteiger partial charge in [-0.1, -0.05) is 76.8 Å². The Labute approximate surface area is 239 Å². The van der Waals surface area contributed by atoms with Crippen molar-refractivity contribution in [1.29, 1.82) is 0 Å². The number of benzene rings is 3. The number of likely N-dealkylation sites (tertiary alicyclic amines) is 1. The smallest absolute Gasteiger partial charge is 0.336 e. The van der Waals surface area contributed by atoms with E-state index in [2.05, 4.69) is 80.6 Å². The standard InChI is InChI=1S/C30H31Cl2N5O2/c1-36(17-21-4-6-23(7-5-21)19-37-12-2-3-13-37)18-22-8-10-24(11-9-22)20-39-30-33-16-28(34-35-30)25-14-26(31)29(38)27(32)15-25/h4-11,14-16,38H,2-3,12-13,17-20H2,1H3. The van der Waals surface area contributed by atoms with E-state index in [9.17, 15) is 5.11 Å². The first-order valence-electron chi connectivity index (χ1n) is 13.0. The number of rotatable bonds is 10. The Morgan fingerprint density at radius 2 is 1.41 bits per heavy atom. The number of phenolic OH excluding ortho intramolecular Hbond substituents is 1. The van der Waals surface area contributed by atoms with Crippen LogP contribution in [0.2, 0.25) is 10.0 Å². The van der Waals surface area contributed by atoms with E-state index in [0.717, 1.165) is 25.2 Å². The van der Waals surface area contributed by atoms with E-state index in [1.165, 1.54) is 48.8 Å². The fourth-order valence-electron chi connectivity index (χ4n) is 4.69. The number of phenols is 1. The average molecular weight is 565 g/mol. The predicted octanol–water partition coefficient (Wildman–Crippen LogP) is 6.36. The number of aromatic nitrogens is 3. The third-order valence-corrected chi connectivity index (χ3v) is 7.35. The van der Waals surface area contributed by atoms with Gasteiger partial charge in [-0.05, 0) is 67.4 Å². The molecule has 7 nitrogen and oxygen atoms in total. The van der Waals surface area contributed by atoms with Crippen LogP contribution >= 0.6 is 23.2 Å². The number of ether oxygens (including phenoxy) is 1. The lowest BCUT2D eigenvalue weighted by Crippen LogP contribution is -2.19. The van der Waals surface area contributed by atoms with Crippen molar-refractivity contribution in [3.8, 4) is 23.0 Å². The van der Waals surface area contributed by atoms with Crippen molar-refractivity contribution in [2.75, 3.05) is 20.1 Å². The van der Waals surface area contributed by atoms with Crippen molar-refractivity contribution in [3.63, 3.8) is 0 Å². The normalized spacial score (nSPS) is 13.7. The maximum Gasteiger partial charge on any atom is 0.336 e. The highest BCUT2D eigenvalue weighted by atomic mass is 35.5. The summed E-state index contributed by atoms with van der Waals surface area (Å²) in [5, 5.41) is 18.2. The van der Waals surface area contributed by atoms with Crippen LogP contribution in [0.25, 0.3) is 11.3 Å². The van der Waals surface area contributed by atoms with Gasteiger partial charge in [0.25, 0.3) is 0 Å². The highest BCUT2D eigenvalue weighted by Crippen LogP contribution is 2.35. The summed E-state index contributed by atoms with van der Waals surface area (Å²) in [5.41, 5.74) is 6.04. The lowest BCUT2D eigenvalue weighted by molar-refractivity contribution is 0.276. The first kappa shape index (κ1) is 27.3. The zero-order valence-corrected chi connectivity index (χ0v) is 23.4. The van der Waals surface area contributed by atoms with Crippen molar-refractivity contribution >= 4 is 23.2 Å². The summed E-state index contributed by atoms with van der Waals surface area (Å²) in [6.07, 6.45) is 4.18. The molecule has 1 aliphatic heterocycles. The summed E-state index contributed by atoms with van der Waals surface area (Å²) >= 11 is 12.0. The average Bonchev–Trinajstić information content (AvgIpc) is 3.45. The molecule has 1 N–H and O–H groups in total. The summed E-state index contributed by atoms with van der Waals surface area (Å²) < 4.78 is 5.71. The van der Waals surface area contributed by atoms with E-state index in [-0.39, 0.29) is 21.8 Å². The van der Waals surface area contributed by atoms with Gasteiger partial charge in [-0.2, -0.15) is 0 Å². The molecule has 0 aliphatic carbocycles. The van der Waals surface area contributed by atoms with E-state index in [0.29, 0.717) is 17.9 Å². The zero-order chi connectivity index (χ0) is 27.2. The molecular weight excluding hydrogens is 533 g/mol. The number of halogens is 2. The number of hydrogen-bond donors (Lipinski definition) is 1. The fourth-order valence-corrected chi connectivity index (χ4v) is 5.18. The SMILES string of the molecule is CN(Cc1ccc(COc2ncc(-c3cc(Cl)c(O)c(Cl)c3)nn2)cc1)Cc1ccc(CN2CCCC2)cc1. The van der Waals surface area contributed by atoms with Crippen LogP contribution in [0.4, 0.5) is 0 Å². The van der Waals surface area contributed by atoms with E-state index < -0.39 is 0 Å². The fraction of sp³-hybridized carbons (Fsp3) is 0.300. The Morgan fingerprint density at radius 3 is 1.97 bits per heavy atom. The van der Waals surface area contributed by atoms with Gasteiger partial charge in [0, 0.05) is 25.2 Å². The Kier molecular flexibility index (Phi) is 8.94. The van der Waals surface area contributed by atoms with Crippen LogP contribution in [0.15, 0.2) is 66.9 Å². The van der Waals surface area contributed by atoms with Crippen molar-refractivity contribution in [2.45, 2.75) is 39.1 Å². The molecule has 202 valence electrons. The van der Waals surface area contributed by atoms with Crippen LogP contribution < -0.4 is 4.74 Å². The van der Waals surface area contributed by atoms with Crippen molar-refractivity contribution in [2.24, 2.45) is 0 Å². The topological polar surface area (TPSA) is 74.6 Å². The predicted molar refractivity (Wildman–Crippen MR) is 154 cm³/mol. The largest absolute Gasteiger partial charge is 0.505 e. The molecule has 4 aromatic rings. The number of nitrogens with zero attached hydrogens (tertiary/aromatic N) is 5. The monoisotopic (exact) mass is 563 g/mol. The van der Waals surface area contributed by atoms with Gasteiger partial charge in [0.1, 0.15) is 12.3 Å². The molecule has 3 aromatic carbocycles. The first-order valence-corrected chi connectivity index (χ1v) is 13.8. The van der Waals surface area contributed by atoms with Gasteiger partial charge < -0.3 is 9.84 Å². The summed E-state index contributed by atoms with van der Waals surface area (Å²) in [4.78, 5) is 9.07. The third-order valence-electron chi connectivity index (χ3n) is 6.78. The molecule has 0 saturated carbocycles. The number of aromatic hydroxyl groups is 1. The Hall–Kier alpha value is -3.23. The lowest BCUT2D eigenvalue weighted by Gasteiger charge is -2.18. The maximum atomic E-state index is 9.73. The van der Waals surface area contributed by atoms with Crippen molar-refractivity contribution in [3.05, 3.63) is 99.2 Å². The quantitative estimate of drug-likeness (QED) is 0.240. The van der Waals surface area contributed by atoms with Gasteiger partial charge >= 0.3 is 6.01 Å². The van der Waals surface area contributed by atoms with Gasteiger partial charge in [0.05, 0.1) is 16.2 Å². The van der Waals surface area contributed by atoms with E-state index in [4.69, 9.17) is 27.9 Å². The van der Waals surface area contributed by atoms with Crippen LogP contribution in [0, 0.1) is 0 Å². The second kappa shape index (κ2) is 12.7. The zero-order valence-electron chi connectivity index (χ0n) is 21.9. The van der Waals surface area contributed by atoms with Gasteiger partial charge in [-0.3, -0.25) is 9.80 Å². The minimum Gasteiger partial charge on any atom is -0.505 e. The molecule has 0 radical (unpaired) electrons. The second-order valence-corrected chi connectivity index (χ2v) is 10.8. The van der Waals surface area contributed by atoms with E-state index in [1.807, 2.05) is 0 Å². The van der Waals surface area contributed by atoms with Gasteiger partial charge in [0.15, 0.2) is 5.75 Å². The minimum atomic E-state index is -0.168. The van der Waals surface area contributed by atoms with Crippen LogP contribution in [0.1, 0.15) is 35.1 Å². The molecule has 0 atom stereocenters. The summed E-state index contributed by atoms with van der Waals surface area (Å²) in [5.74, 6) is -0.168. The third kappa shape index (κ3) is 7.46. The lowest BCUT2D eigenvalue weighted by atomic mass is 10.1. The van der Waals surface area contributed by atoms with Gasteiger partial charge in [-0.15, -0.1) is 5.10 Å². The molecule has 1 fully saturated rings. The second-order valence-electron chi connectivity index (χ2n) is 9.99. The summed E-state index contributed by atoms with van der Waals surface area (Å²) in [7, 11) is 2.14. The Morgan fingerprint density at radius 1 is 0.846 bits per heavy atom. The first-order chi connectivity index (χ1) is 18.9. The molecule has 39 heavy (non-hydrogen) atoms. The van der Waals surface area contributed by atoms with Crippen LogP contribution in [0.5, 0.6) is 11.8 Å². The maximum absolute atomic E-state index is 9.73. The molecule has 0 spiro atoms. The molecule has 2 heterocycles. The highest BCUT2D eigenvalue weighted by Gasteiger charge is 2.12. The molecule has 5 rings (SSSR count). The Bertz CT molecular complexity index is 1350. The number of hydrogen-bond acceptors (Lipinski definition) is 7. The van der Waals surface area contributed by atoms with Gasteiger partial charge in [-0.25, -0.2) is 4.98 Å².